The van der Waals surface area contributed by atoms with Crippen LogP contribution in [0.5, 0.6) is 0 Å². The Morgan fingerprint density at radius 1 is 1.21 bits per heavy atom. The van der Waals surface area contributed by atoms with Crippen molar-refractivity contribution < 1.29 is 4.84 Å². The van der Waals surface area contributed by atoms with Gasteiger partial charge in [0.25, 0.3) is 0 Å². The van der Waals surface area contributed by atoms with E-state index in [1.54, 1.807) is 18.4 Å². The average Bonchev–Trinajstić information content (AvgIpc) is 3.36. The van der Waals surface area contributed by atoms with Gasteiger partial charge in [-0.25, -0.2) is 0 Å². The van der Waals surface area contributed by atoms with Gasteiger partial charge in [0, 0.05) is 29.0 Å². The second kappa shape index (κ2) is 7.06. The number of oxime groups is 1. The van der Waals surface area contributed by atoms with E-state index >= 15 is 0 Å². The zero-order chi connectivity index (χ0) is 19.0. The summed E-state index contributed by atoms with van der Waals surface area (Å²) in [4.78, 5) is 5.16. The van der Waals surface area contributed by atoms with Crippen molar-refractivity contribution in [3.8, 4) is 0 Å². The number of rotatable bonds is 5. The molecule has 1 saturated carbocycles. The number of aromatic amines is 1. The Balaban J connectivity index is 1.59. The molecule has 5 heteroatoms. The fourth-order valence-electron chi connectivity index (χ4n) is 4.37. The third-order valence-electron chi connectivity index (χ3n) is 6.12. The molecule has 2 heterocycles. The molecule has 1 atom stereocenters. The molecular formula is C23H23N3OS. The normalized spacial score (nSPS) is 22.0. The molecule has 0 aliphatic heterocycles. The van der Waals surface area contributed by atoms with Crippen LogP contribution in [0.3, 0.4) is 0 Å². The summed E-state index contributed by atoms with van der Waals surface area (Å²) in [6.45, 7) is 0. The van der Waals surface area contributed by atoms with Crippen molar-refractivity contribution in [1.82, 2.24) is 10.2 Å². The lowest BCUT2D eigenvalue weighted by Crippen LogP contribution is -2.30. The maximum absolute atomic E-state index is 5.16. The third-order valence-corrected chi connectivity index (χ3v) is 6.81. The van der Waals surface area contributed by atoms with Gasteiger partial charge in [-0.2, -0.15) is 16.4 Å². The number of nitrogens with zero attached hydrogens (tertiary/aromatic N) is 2. The molecule has 5 rings (SSSR count). The number of H-pyrrole nitrogens is 1. The molecule has 2 aliphatic carbocycles. The van der Waals surface area contributed by atoms with Crippen molar-refractivity contribution >= 4 is 23.1 Å². The Hall–Kier alpha value is -2.66. The molecule has 0 radical (unpaired) electrons. The van der Waals surface area contributed by atoms with Crippen LogP contribution in [-0.2, 0) is 16.7 Å². The summed E-state index contributed by atoms with van der Waals surface area (Å²) in [6.07, 6.45) is 9.01. The Morgan fingerprint density at radius 2 is 2.07 bits per heavy atom. The number of nitrogens with one attached hydrogen (secondary N) is 1. The van der Waals surface area contributed by atoms with E-state index in [2.05, 4.69) is 74.7 Å². The first kappa shape index (κ1) is 17.4. The topological polar surface area (TPSA) is 50.3 Å². The van der Waals surface area contributed by atoms with Crippen molar-refractivity contribution in [3.05, 3.63) is 81.3 Å². The summed E-state index contributed by atoms with van der Waals surface area (Å²) >= 11 is 1.74. The SMILES string of the molecule is CON=C(c1n[nH]c2c1C=CC(c1ccccc1)(c1ccsc1)C2)C1CCC1. The predicted molar refractivity (Wildman–Crippen MR) is 114 cm³/mol. The molecule has 0 amide bonds. The van der Waals surface area contributed by atoms with Crippen LogP contribution in [0.1, 0.15) is 47.3 Å². The van der Waals surface area contributed by atoms with Gasteiger partial charge in [-0.05, 0) is 40.8 Å². The molecule has 1 fully saturated rings. The van der Waals surface area contributed by atoms with Crippen LogP contribution in [0.15, 0.2) is 58.4 Å². The fourth-order valence-corrected chi connectivity index (χ4v) is 5.11. The number of aromatic nitrogens is 2. The molecule has 3 aromatic rings. The molecule has 142 valence electrons. The van der Waals surface area contributed by atoms with Crippen LogP contribution in [0, 0.1) is 5.92 Å². The summed E-state index contributed by atoms with van der Waals surface area (Å²) in [5.74, 6) is 0.457. The average molecular weight is 390 g/mol. The monoisotopic (exact) mass is 389 g/mol. The summed E-state index contributed by atoms with van der Waals surface area (Å²) in [7, 11) is 1.62. The van der Waals surface area contributed by atoms with Gasteiger partial charge in [0.15, 0.2) is 0 Å². The van der Waals surface area contributed by atoms with E-state index in [1.807, 2.05) is 0 Å². The lowest BCUT2D eigenvalue weighted by atomic mass is 9.69. The summed E-state index contributed by atoms with van der Waals surface area (Å²) < 4.78 is 0. The molecule has 2 aliphatic rings. The van der Waals surface area contributed by atoms with Gasteiger partial charge in [0.1, 0.15) is 18.5 Å². The van der Waals surface area contributed by atoms with E-state index in [0.29, 0.717) is 5.92 Å². The van der Waals surface area contributed by atoms with Crippen LogP contribution < -0.4 is 0 Å². The second-order valence-corrected chi connectivity index (χ2v) is 8.39. The third kappa shape index (κ3) is 2.73. The minimum Gasteiger partial charge on any atom is -0.399 e. The fraction of sp³-hybridized carbons (Fsp3) is 0.304. The number of allylic oxidation sites excluding steroid dienone is 1. The molecule has 28 heavy (non-hydrogen) atoms. The molecule has 1 aromatic carbocycles. The Morgan fingerprint density at radius 3 is 2.75 bits per heavy atom. The van der Waals surface area contributed by atoms with Gasteiger partial charge < -0.3 is 4.84 Å². The van der Waals surface area contributed by atoms with Crippen LogP contribution >= 0.6 is 11.3 Å². The molecule has 0 saturated heterocycles. The Kier molecular flexibility index (Phi) is 4.40. The Bertz CT molecular complexity index is 1020. The maximum Gasteiger partial charge on any atom is 0.117 e. The molecule has 1 N–H and O–H groups in total. The predicted octanol–water partition coefficient (Wildman–Crippen LogP) is 5.18. The lowest BCUT2D eigenvalue weighted by molar-refractivity contribution is 0.208. The molecule has 0 bridgehead atoms. The standard InChI is InChI=1S/C23H23N3OS/c1-27-26-21(16-6-5-7-16)22-19-10-12-23(14-20(19)24-25-22,18-11-13-28-15-18)17-8-3-2-4-9-17/h2-4,8-13,15-16H,5-7,14H2,1H3,(H,24,25). The number of benzene rings is 1. The van der Waals surface area contributed by atoms with E-state index in [-0.39, 0.29) is 5.41 Å². The molecular weight excluding hydrogens is 366 g/mol. The highest BCUT2D eigenvalue weighted by molar-refractivity contribution is 7.08. The summed E-state index contributed by atoms with van der Waals surface area (Å²) in [5.41, 5.74) is 6.71. The molecule has 2 aromatic heterocycles. The number of hydrogen-bond donors (Lipinski definition) is 1. The van der Waals surface area contributed by atoms with Crippen LogP contribution in [0.4, 0.5) is 0 Å². The van der Waals surface area contributed by atoms with Gasteiger partial charge >= 0.3 is 0 Å². The van der Waals surface area contributed by atoms with Crippen molar-refractivity contribution in [2.45, 2.75) is 31.1 Å². The van der Waals surface area contributed by atoms with Crippen molar-refractivity contribution in [3.63, 3.8) is 0 Å². The first-order chi connectivity index (χ1) is 13.8. The van der Waals surface area contributed by atoms with E-state index < -0.39 is 0 Å². The number of thiophene rings is 1. The Labute approximate surface area is 168 Å². The van der Waals surface area contributed by atoms with Gasteiger partial charge in [-0.15, -0.1) is 0 Å². The zero-order valence-corrected chi connectivity index (χ0v) is 16.7. The molecule has 4 nitrogen and oxygen atoms in total. The largest absolute Gasteiger partial charge is 0.399 e. The first-order valence-electron chi connectivity index (χ1n) is 9.78. The molecule has 1 unspecified atom stereocenters. The number of fused-ring (bicyclic) bond motifs is 1. The van der Waals surface area contributed by atoms with Crippen LogP contribution in [-0.4, -0.2) is 23.0 Å². The van der Waals surface area contributed by atoms with Crippen molar-refractivity contribution in [1.29, 1.82) is 0 Å². The minimum absolute atomic E-state index is 0.174. The minimum atomic E-state index is -0.174. The van der Waals surface area contributed by atoms with Gasteiger partial charge in [-0.1, -0.05) is 54.1 Å². The first-order valence-corrected chi connectivity index (χ1v) is 10.7. The van der Waals surface area contributed by atoms with Gasteiger partial charge in [0.2, 0.25) is 0 Å². The van der Waals surface area contributed by atoms with E-state index in [9.17, 15) is 0 Å². The van der Waals surface area contributed by atoms with Crippen molar-refractivity contribution in [2.75, 3.05) is 7.11 Å². The van der Waals surface area contributed by atoms with Gasteiger partial charge in [0.05, 0.1) is 0 Å². The number of hydrogen-bond acceptors (Lipinski definition) is 4. The van der Waals surface area contributed by atoms with E-state index in [4.69, 9.17) is 4.84 Å². The molecule has 0 spiro atoms. The van der Waals surface area contributed by atoms with Crippen molar-refractivity contribution in [2.24, 2.45) is 11.1 Å². The summed E-state index contributed by atoms with van der Waals surface area (Å²) in [6, 6.07) is 13.0. The van der Waals surface area contributed by atoms with E-state index in [0.717, 1.165) is 41.9 Å². The summed E-state index contributed by atoms with van der Waals surface area (Å²) in [5, 5.41) is 16.7. The van der Waals surface area contributed by atoms with Gasteiger partial charge in [-0.3, -0.25) is 5.10 Å². The smallest absolute Gasteiger partial charge is 0.117 e. The van der Waals surface area contributed by atoms with Crippen LogP contribution in [0.2, 0.25) is 0 Å². The maximum atomic E-state index is 5.16. The van der Waals surface area contributed by atoms with Crippen LogP contribution in [0.25, 0.3) is 6.08 Å². The van der Waals surface area contributed by atoms with E-state index in [1.165, 1.54) is 17.5 Å². The lowest BCUT2D eigenvalue weighted by Gasteiger charge is -2.33. The highest BCUT2D eigenvalue weighted by Gasteiger charge is 2.38. The quantitative estimate of drug-likeness (QED) is 0.483. The highest BCUT2D eigenvalue weighted by atomic mass is 32.1. The highest BCUT2D eigenvalue weighted by Crippen LogP contribution is 2.43. The zero-order valence-electron chi connectivity index (χ0n) is 15.9. The second-order valence-electron chi connectivity index (χ2n) is 7.61.